The number of phenolic OH excluding ortho intramolecular Hbond substituents is 1. The van der Waals surface area contributed by atoms with Gasteiger partial charge in [-0.25, -0.2) is 4.79 Å². The number of ether oxygens (including phenoxy) is 2. The third-order valence-corrected chi connectivity index (χ3v) is 3.44. The lowest BCUT2D eigenvalue weighted by molar-refractivity contribution is -0.379. The molecule has 0 aliphatic heterocycles. The number of hydrogen-bond donors (Lipinski definition) is 1. The van der Waals surface area contributed by atoms with Crippen molar-refractivity contribution in [3.8, 4) is 17.2 Å². The largest absolute Gasteiger partial charge is 0.508 e. The first kappa shape index (κ1) is 22.2. The van der Waals surface area contributed by atoms with E-state index in [4.69, 9.17) is 9.84 Å². The minimum Gasteiger partial charge on any atom is -0.508 e. The quantitative estimate of drug-likeness (QED) is 0.393. The topological polar surface area (TPSA) is 55.8 Å². The van der Waals surface area contributed by atoms with E-state index in [1.165, 1.54) is 24.3 Å². The number of phenols is 1. The summed E-state index contributed by atoms with van der Waals surface area (Å²) >= 11 is 0. The summed E-state index contributed by atoms with van der Waals surface area (Å²) in [7, 11) is 0. The van der Waals surface area contributed by atoms with Crippen molar-refractivity contribution in [3.63, 3.8) is 0 Å². The van der Waals surface area contributed by atoms with Crippen LogP contribution < -0.4 is 9.47 Å². The molecule has 0 aliphatic rings. The first-order valence-electron chi connectivity index (χ1n) is 7.50. The van der Waals surface area contributed by atoms with E-state index in [-0.39, 0.29) is 17.1 Å². The molecular formula is C17H10F8O4. The molecule has 0 amide bonds. The average Bonchev–Trinajstić information content (AvgIpc) is 2.63. The van der Waals surface area contributed by atoms with E-state index in [9.17, 15) is 39.9 Å². The van der Waals surface area contributed by atoms with Gasteiger partial charge in [-0.15, -0.1) is 0 Å². The number of carbonyl (C=O) groups is 1. The predicted octanol–water partition coefficient (Wildman–Crippen LogP) is 5.12. The zero-order valence-electron chi connectivity index (χ0n) is 13.9. The second-order valence-electron chi connectivity index (χ2n) is 5.54. The van der Waals surface area contributed by atoms with Crippen LogP contribution in [0.1, 0.15) is 10.4 Å². The van der Waals surface area contributed by atoms with Gasteiger partial charge in [0.1, 0.15) is 17.2 Å². The van der Waals surface area contributed by atoms with E-state index in [1.807, 2.05) is 0 Å². The number of hydrogen-bond acceptors (Lipinski definition) is 4. The second kappa shape index (κ2) is 7.76. The molecule has 0 saturated heterocycles. The monoisotopic (exact) mass is 430 g/mol. The molecular weight excluding hydrogens is 420 g/mol. The fourth-order valence-corrected chi connectivity index (χ4v) is 1.87. The summed E-state index contributed by atoms with van der Waals surface area (Å²) in [5, 5.41) is 9.11. The van der Waals surface area contributed by atoms with E-state index in [0.29, 0.717) is 12.1 Å². The predicted molar refractivity (Wildman–Crippen MR) is 81.0 cm³/mol. The second-order valence-corrected chi connectivity index (χ2v) is 5.54. The molecule has 0 saturated carbocycles. The first-order chi connectivity index (χ1) is 13.3. The smallest absolute Gasteiger partial charge is 0.460 e. The molecule has 0 heterocycles. The molecule has 1 atom stereocenters. The van der Waals surface area contributed by atoms with Crippen molar-refractivity contribution >= 4 is 5.97 Å². The Kier molecular flexibility index (Phi) is 5.95. The fourth-order valence-electron chi connectivity index (χ4n) is 1.87. The number of carbonyl (C=O) groups excluding carboxylic acids is 1. The molecule has 0 spiro atoms. The molecule has 1 N–H and O–H groups in total. The Morgan fingerprint density at radius 1 is 0.828 bits per heavy atom. The molecule has 2 rings (SSSR count). The lowest BCUT2D eigenvalue weighted by Crippen LogP contribution is -2.58. The number of rotatable bonds is 6. The van der Waals surface area contributed by atoms with Gasteiger partial charge in [0.15, 0.2) is 0 Å². The van der Waals surface area contributed by atoms with Crippen LogP contribution in [0.3, 0.4) is 0 Å². The summed E-state index contributed by atoms with van der Waals surface area (Å²) in [5.74, 6) is -14.7. The molecule has 0 aromatic heterocycles. The van der Waals surface area contributed by atoms with Gasteiger partial charge in [-0.1, -0.05) is 0 Å². The van der Waals surface area contributed by atoms with Crippen molar-refractivity contribution in [1.29, 1.82) is 0 Å². The molecule has 0 fully saturated rings. The summed E-state index contributed by atoms with van der Waals surface area (Å²) in [6.07, 6.45) is -11.0. The van der Waals surface area contributed by atoms with Gasteiger partial charge in [0.2, 0.25) is 0 Å². The van der Waals surface area contributed by atoms with E-state index < -0.39 is 36.1 Å². The molecule has 2 aromatic rings. The minimum atomic E-state index is -6.70. The van der Waals surface area contributed by atoms with Crippen molar-refractivity contribution in [2.75, 3.05) is 0 Å². The van der Waals surface area contributed by atoms with Crippen molar-refractivity contribution in [2.24, 2.45) is 0 Å². The number of esters is 1. The van der Waals surface area contributed by atoms with Crippen LogP contribution in [0.2, 0.25) is 0 Å². The summed E-state index contributed by atoms with van der Waals surface area (Å²) in [4.78, 5) is 11.9. The Morgan fingerprint density at radius 2 is 1.31 bits per heavy atom. The van der Waals surface area contributed by atoms with Crippen molar-refractivity contribution < 1.29 is 54.5 Å². The van der Waals surface area contributed by atoms with Crippen molar-refractivity contribution in [1.82, 2.24) is 0 Å². The van der Waals surface area contributed by atoms with Crippen LogP contribution in [-0.2, 0) is 0 Å². The molecule has 4 nitrogen and oxygen atoms in total. The van der Waals surface area contributed by atoms with Gasteiger partial charge >= 0.3 is 30.3 Å². The highest BCUT2D eigenvalue weighted by molar-refractivity contribution is 5.91. The van der Waals surface area contributed by atoms with Gasteiger partial charge in [0.25, 0.3) is 0 Å². The third-order valence-electron chi connectivity index (χ3n) is 3.44. The highest BCUT2D eigenvalue weighted by Crippen LogP contribution is 2.49. The SMILES string of the molecule is O=C(Oc1ccc(O)cc1)c1ccc(OC(F)C(F)(F)C(F)(F)C(F)(F)F)cc1. The van der Waals surface area contributed by atoms with Crippen LogP contribution in [-0.4, -0.2) is 35.5 Å². The molecule has 0 radical (unpaired) electrons. The maximum Gasteiger partial charge on any atom is 0.460 e. The van der Waals surface area contributed by atoms with Crippen LogP contribution in [0.25, 0.3) is 0 Å². The molecule has 29 heavy (non-hydrogen) atoms. The van der Waals surface area contributed by atoms with Crippen molar-refractivity contribution in [3.05, 3.63) is 54.1 Å². The third kappa shape index (κ3) is 4.69. The van der Waals surface area contributed by atoms with E-state index in [2.05, 4.69) is 4.74 Å². The summed E-state index contributed by atoms with van der Waals surface area (Å²) in [5.41, 5.74) is -0.201. The number of benzene rings is 2. The molecule has 158 valence electrons. The Morgan fingerprint density at radius 3 is 1.79 bits per heavy atom. The summed E-state index contributed by atoms with van der Waals surface area (Å²) < 4.78 is 110. The molecule has 1 unspecified atom stereocenters. The Balaban J connectivity index is 2.08. The lowest BCUT2D eigenvalue weighted by atomic mass is 10.1. The highest BCUT2D eigenvalue weighted by Gasteiger charge is 2.77. The standard InChI is InChI=1S/C17H10F8O4/c18-14(15(19,20)16(21,22)17(23,24)25)29-12-5-1-9(2-6-12)13(27)28-11-7-3-10(26)4-8-11/h1-8,14,26H. The maximum absolute atomic E-state index is 13.4. The van der Waals surface area contributed by atoms with Gasteiger partial charge in [0, 0.05) is 0 Å². The lowest BCUT2D eigenvalue weighted by Gasteiger charge is -2.30. The highest BCUT2D eigenvalue weighted by atomic mass is 19.4. The van der Waals surface area contributed by atoms with Crippen LogP contribution >= 0.6 is 0 Å². The molecule has 12 heteroatoms. The Hall–Kier alpha value is -3.05. The van der Waals surface area contributed by atoms with Gasteiger partial charge < -0.3 is 14.6 Å². The normalized spacial score (nSPS) is 13.7. The molecule has 2 aromatic carbocycles. The van der Waals surface area contributed by atoms with Gasteiger partial charge in [0.05, 0.1) is 5.56 Å². The molecule has 0 bridgehead atoms. The van der Waals surface area contributed by atoms with Crippen LogP contribution in [0.5, 0.6) is 17.2 Å². The Bertz CT molecular complexity index is 847. The van der Waals surface area contributed by atoms with E-state index >= 15 is 0 Å². The van der Waals surface area contributed by atoms with Gasteiger partial charge in [-0.2, -0.15) is 35.1 Å². The average molecular weight is 430 g/mol. The number of alkyl halides is 8. The Labute approximate surface area is 157 Å². The zero-order chi connectivity index (χ0) is 22.0. The summed E-state index contributed by atoms with van der Waals surface area (Å²) in [6.45, 7) is 0. The van der Waals surface area contributed by atoms with E-state index in [0.717, 1.165) is 12.1 Å². The maximum atomic E-state index is 13.4. The zero-order valence-corrected chi connectivity index (χ0v) is 13.9. The van der Waals surface area contributed by atoms with Crippen LogP contribution in [0.15, 0.2) is 48.5 Å². The molecule has 0 aliphatic carbocycles. The fraction of sp³-hybridized carbons (Fsp3) is 0.235. The number of halogens is 8. The number of aromatic hydroxyl groups is 1. The van der Waals surface area contributed by atoms with Crippen molar-refractivity contribution in [2.45, 2.75) is 24.4 Å². The van der Waals surface area contributed by atoms with Crippen LogP contribution in [0.4, 0.5) is 35.1 Å². The first-order valence-corrected chi connectivity index (χ1v) is 7.50. The van der Waals surface area contributed by atoms with E-state index in [1.54, 1.807) is 0 Å². The summed E-state index contributed by atoms with van der Waals surface area (Å²) in [6, 6.07) is 8.09. The van der Waals surface area contributed by atoms with Crippen LogP contribution in [0, 0.1) is 0 Å². The van der Waals surface area contributed by atoms with Gasteiger partial charge in [-0.3, -0.25) is 0 Å². The van der Waals surface area contributed by atoms with Gasteiger partial charge in [-0.05, 0) is 48.5 Å². The minimum absolute atomic E-state index is 0.0333.